The summed E-state index contributed by atoms with van der Waals surface area (Å²) in [5.41, 5.74) is 5.82. The molecule has 0 aliphatic carbocycles. The van der Waals surface area contributed by atoms with Gasteiger partial charge < -0.3 is 15.0 Å². The molecular weight excluding hydrogens is 393 g/mol. The number of aliphatic imine (C=N–C) groups is 1. The molecule has 0 saturated carbocycles. The van der Waals surface area contributed by atoms with Gasteiger partial charge in [-0.2, -0.15) is 0 Å². The van der Waals surface area contributed by atoms with E-state index in [1.807, 2.05) is 4.57 Å². The van der Waals surface area contributed by atoms with Crippen LogP contribution in [0.1, 0.15) is 25.2 Å². The number of benzene rings is 1. The van der Waals surface area contributed by atoms with E-state index >= 15 is 0 Å². The highest BCUT2D eigenvalue weighted by molar-refractivity contribution is 9.10. The third-order valence-electron chi connectivity index (χ3n) is 3.89. The molecule has 1 amide bonds. The number of nitrogens with two attached hydrogens (primary N) is 1. The number of hydrogen-bond acceptors (Lipinski definition) is 5. The number of amides is 1. The number of amidine groups is 1. The van der Waals surface area contributed by atoms with Gasteiger partial charge in [0.2, 0.25) is 0 Å². The van der Waals surface area contributed by atoms with Crippen molar-refractivity contribution in [1.29, 1.82) is 0 Å². The zero-order chi connectivity index (χ0) is 18.2. The van der Waals surface area contributed by atoms with Gasteiger partial charge in [0.25, 0.3) is 0 Å². The van der Waals surface area contributed by atoms with Gasteiger partial charge in [0.05, 0.1) is 13.2 Å². The molecule has 0 spiro atoms. The quantitative estimate of drug-likeness (QED) is 0.814. The van der Waals surface area contributed by atoms with Crippen molar-refractivity contribution in [3.63, 3.8) is 0 Å². The van der Waals surface area contributed by atoms with Crippen LogP contribution >= 0.6 is 15.9 Å². The summed E-state index contributed by atoms with van der Waals surface area (Å²) in [6, 6.07) is 4.29. The van der Waals surface area contributed by atoms with Crippen LogP contribution in [0.4, 0.5) is 14.9 Å². The monoisotopic (exact) mass is 409 g/mol. The second-order valence-corrected chi connectivity index (χ2v) is 6.64. The minimum absolute atomic E-state index is 0.225. The highest BCUT2D eigenvalue weighted by Crippen LogP contribution is 2.35. The summed E-state index contributed by atoms with van der Waals surface area (Å²) in [4.78, 5) is 20.3. The lowest BCUT2D eigenvalue weighted by Crippen LogP contribution is -2.37. The molecule has 25 heavy (non-hydrogen) atoms. The molecule has 0 saturated heterocycles. The Balaban J connectivity index is 1.98. The van der Waals surface area contributed by atoms with E-state index in [0.29, 0.717) is 28.2 Å². The number of halogens is 2. The Morgan fingerprint density at radius 3 is 3.04 bits per heavy atom. The summed E-state index contributed by atoms with van der Waals surface area (Å²) < 4.78 is 21.8. The van der Waals surface area contributed by atoms with Gasteiger partial charge in [0.15, 0.2) is 11.7 Å². The van der Waals surface area contributed by atoms with Gasteiger partial charge in [-0.1, -0.05) is 0 Å². The van der Waals surface area contributed by atoms with Crippen LogP contribution in [-0.2, 0) is 16.8 Å². The highest BCUT2D eigenvalue weighted by Gasteiger charge is 2.35. The summed E-state index contributed by atoms with van der Waals surface area (Å²) in [7, 11) is 0. The lowest BCUT2D eigenvalue weighted by Gasteiger charge is -2.31. The number of ether oxygens (including phenoxy) is 1. The number of carbonyl (C=O) groups excluding carboxylic acids is 1. The van der Waals surface area contributed by atoms with Gasteiger partial charge in [0, 0.05) is 17.4 Å². The standard InChI is InChI=1S/C16H17BrFN5O2/c1-3-25-15(24)20-9-4-5-11(18)10(6-9)16(2)8-23-7-12(17)21-14(23)13(19)22-16/h4-7H,3,8H2,1-2H3,(H2,19,22)(H,20,24). The molecule has 1 aromatic heterocycles. The number of nitrogens with zero attached hydrogens (tertiary/aromatic N) is 3. The zero-order valence-corrected chi connectivity index (χ0v) is 15.3. The number of carbonyl (C=O) groups is 1. The Morgan fingerprint density at radius 1 is 1.56 bits per heavy atom. The SMILES string of the molecule is CCOC(=O)Nc1ccc(F)c(C2(C)Cn3cc(Br)nc3C(N)=N2)c1. The molecule has 1 unspecified atom stereocenters. The van der Waals surface area contributed by atoms with Gasteiger partial charge in [-0.25, -0.2) is 14.2 Å². The smallest absolute Gasteiger partial charge is 0.411 e. The predicted molar refractivity (Wildman–Crippen MR) is 95.0 cm³/mol. The number of nitrogens with one attached hydrogen (secondary N) is 1. The zero-order valence-electron chi connectivity index (χ0n) is 13.7. The van der Waals surface area contributed by atoms with E-state index in [1.54, 1.807) is 26.1 Å². The summed E-state index contributed by atoms with van der Waals surface area (Å²) in [6.45, 7) is 4.10. The molecule has 3 N–H and O–H groups in total. The fourth-order valence-electron chi connectivity index (χ4n) is 2.84. The Labute approximate surface area is 152 Å². The van der Waals surface area contributed by atoms with Crippen LogP contribution in [0.5, 0.6) is 0 Å². The van der Waals surface area contributed by atoms with Crippen LogP contribution in [0.2, 0.25) is 0 Å². The Bertz CT molecular complexity index is 866. The van der Waals surface area contributed by atoms with Crippen molar-refractivity contribution in [3.8, 4) is 0 Å². The first-order chi connectivity index (χ1) is 11.8. The number of hydrogen-bond donors (Lipinski definition) is 2. The van der Waals surface area contributed by atoms with Crippen LogP contribution in [0.25, 0.3) is 0 Å². The van der Waals surface area contributed by atoms with Crippen LogP contribution in [-0.4, -0.2) is 28.1 Å². The third kappa shape index (κ3) is 3.37. The second kappa shape index (κ2) is 6.47. The van der Waals surface area contributed by atoms with E-state index in [9.17, 15) is 9.18 Å². The van der Waals surface area contributed by atoms with Crippen molar-refractivity contribution in [2.45, 2.75) is 25.9 Å². The number of aromatic nitrogens is 2. The third-order valence-corrected chi connectivity index (χ3v) is 4.27. The lowest BCUT2D eigenvalue weighted by atomic mass is 9.90. The average Bonchev–Trinajstić information content (AvgIpc) is 2.90. The van der Waals surface area contributed by atoms with E-state index in [1.165, 1.54) is 12.1 Å². The molecule has 2 aromatic rings. The Kier molecular flexibility index (Phi) is 4.51. The number of imidazole rings is 1. The maximum atomic E-state index is 14.5. The first kappa shape index (κ1) is 17.4. The largest absolute Gasteiger partial charge is 0.450 e. The fraction of sp³-hybridized carbons (Fsp3) is 0.312. The molecule has 7 nitrogen and oxygen atoms in total. The molecule has 0 fully saturated rings. The van der Waals surface area contributed by atoms with Gasteiger partial charge in [-0.15, -0.1) is 0 Å². The van der Waals surface area contributed by atoms with Crippen molar-refractivity contribution in [3.05, 3.63) is 46.2 Å². The molecule has 1 aromatic carbocycles. The molecule has 1 aliphatic heterocycles. The topological polar surface area (TPSA) is 94.5 Å². The van der Waals surface area contributed by atoms with E-state index in [2.05, 4.69) is 31.2 Å². The molecule has 0 radical (unpaired) electrons. The highest BCUT2D eigenvalue weighted by atomic mass is 79.9. The van der Waals surface area contributed by atoms with Gasteiger partial charge in [0.1, 0.15) is 16.0 Å². The van der Waals surface area contributed by atoms with Crippen LogP contribution in [0.15, 0.2) is 34.0 Å². The summed E-state index contributed by atoms with van der Waals surface area (Å²) in [5, 5.41) is 2.57. The van der Waals surface area contributed by atoms with Crippen molar-refractivity contribution in [2.24, 2.45) is 10.7 Å². The van der Waals surface area contributed by atoms with Crippen molar-refractivity contribution in [1.82, 2.24) is 9.55 Å². The van der Waals surface area contributed by atoms with Gasteiger partial charge in [-0.3, -0.25) is 10.3 Å². The normalized spacial score (nSPS) is 19.1. The maximum Gasteiger partial charge on any atom is 0.411 e. The molecular formula is C16H17BrFN5O2. The van der Waals surface area contributed by atoms with E-state index in [4.69, 9.17) is 10.5 Å². The molecule has 1 aliphatic rings. The van der Waals surface area contributed by atoms with Crippen molar-refractivity contribution < 1.29 is 13.9 Å². The molecule has 1 atom stereocenters. The molecule has 2 heterocycles. The van der Waals surface area contributed by atoms with E-state index < -0.39 is 17.4 Å². The Hall–Kier alpha value is -2.42. The van der Waals surface area contributed by atoms with Crippen LogP contribution in [0, 0.1) is 5.82 Å². The first-order valence-corrected chi connectivity index (χ1v) is 8.44. The summed E-state index contributed by atoms with van der Waals surface area (Å²) in [6.07, 6.45) is 1.17. The van der Waals surface area contributed by atoms with E-state index in [0.717, 1.165) is 0 Å². The number of fused-ring (bicyclic) bond motifs is 1. The molecule has 3 rings (SSSR count). The van der Waals surface area contributed by atoms with Gasteiger partial charge in [-0.05, 0) is 48.0 Å². The number of anilines is 1. The minimum atomic E-state index is -0.937. The van der Waals surface area contributed by atoms with Crippen molar-refractivity contribution in [2.75, 3.05) is 11.9 Å². The van der Waals surface area contributed by atoms with Gasteiger partial charge >= 0.3 is 6.09 Å². The molecule has 132 valence electrons. The summed E-state index contributed by atoms with van der Waals surface area (Å²) >= 11 is 3.30. The maximum absolute atomic E-state index is 14.5. The minimum Gasteiger partial charge on any atom is -0.450 e. The van der Waals surface area contributed by atoms with Crippen molar-refractivity contribution >= 4 is 33.5 Å². The summed E-state index contributed by atoms with van der Waals surface area (Å²) in [5.74, 6) is 0.323. The Morgan fingerprint density at radius 2 is 2.32 bits per heavy atom. The molecule has 9 heteroatoms. The fourth-order valence-corrected chi connectivity index (χ4v) is 3.25. The van der Waals surface area contributed by atoms with Crippen LogP contribution in [0.3, 0.4) is 0 Å². The number of rotatable bonds is 3. The van der Waals surface area contributed by atoms with Crippen LogP contribution < -0.4 is 11.1 Å². The lowest BCUT2D eigenvalue weighted by molar-refractivity contribution is 0.168. The molecule has 0 bridgehead atoms. The first-order valence-electron chi connectivity index (χ1n) is 7.64. The predicted octanol–water partition coefficient (Wildman–Crippen LogP) is 2.99. The second-order valence-electron chi connectivity index (χ2n) is 5.83. The average molecular weight is 410 g/mol. The van der Waals surface area contributed by atoms with E-state index in [-0.39, 0.29) is 12.4 Å².